The quantitative estimate of drug-likeness (QED) is 0.629. The highest BCUT2D eigenvalue weighted by molar-refractivity contribution is 7.88. The standard InChI is InChI=1S/C25H34N2O5S/c1-17(2)22-15-23(18(3)14-24(22)31-5)19(4)26-25(28)21-8-6-20(7-9-21)16-33(29,30)27-10-12-32-13-11-27/h6-9,14-15,17,19H,10-13,16H2,1-5H3,(H,26,28)/t19-/m1/s1. The van der Waals surface area contributed by atoms with E-state index < -0.39 is 10.0 Å². The number of sulfonamides is 1. The minimum Gasteiger partial charge on any atom is -0.496 e. The highest BCUT2D eigenvalue weighted by Crippen LogP contribution is 2.32. The number of aryl methyl sites for hydroxylation is 1. The van der Waals surface area contributed by atoms with Crippen LogP contribution < -0.4 is 10.1 Å². The number of rotatable bonds is 8. The van der Waals surface area contributed by atoms with E-state index >= 15 is 0 Å². The van der Waals surface area contributed by atoms with Crippen molar-refractivity contribution in [3.05, 3.63) is 64.2 Å². The van der Waals surface area contributed by atoms with E-state index in [1.807, 2.05) is 19.9 Å². The fourth-order valence-electron chi connectivity index (χ4n) is 4.05. The lowest BCUT2D eigenvalue weighted by molar-refractivity contribution is 0.0729. The molecule has 1 N–H and O–H groups in total. The Morgan fingerprint density at radius 3 is 2.30 bits per heavy atom. The van der Waals surface area contributed by atoms with Crippen LogP contribution in [0, 0.1) is 6.92 Å². The third-order valence-electron chi connectivity index (χ3n) is 5.98. The maximum Gasteiger partial charge on any atom is 0.251 e. The minimum absolute atomic E-state index is 0.0890. The van der Waals surface area contributed by atoms with Gasteiger partial charge in [-0.1, -0.05) is 26.0 Å². The molecule has 180 valence electrons. The highest BCUT2D eigenvalue weighted by atomic mass is 32.2. The molecular weight excluding hydrogens is 440 g/mol. The molecule has 1 aliphatic rings. The molecule has 1 aliphatic heterocycles. The Morgan fingerprint density at radius 1 is 1.09 bits per heavy atom. The van der Waals surface area contributed by atoms with Crippen LogP contribution >= 0.6 is 0 Å². The maximum absolute atomic E-state index is 12.8. The number of methoxy groups -OCH3 is 1. The Kier molecular flexibility index (Phi) is 8.15. The van der Waals surface area contributed by atoms with Crippen LogP contribution in [0.1, 0.15) is 65.3 Å². The zero-order valence-electron chi connectivity index (χ0n) is 20.1. The summed E-state index contributed by atoms with van der Waals surface area (Å²) >= 11 is 0. The average Bonchev–Trinajstić information content (AvgIpc) is 2.79. The van der Waals surface area contributed by atoms with Gasteiger partial charge in [0.05, 0.1) is 32.1 Å². The smallest absolute Gasteiger partial charge is 0.251 e. The predicted molar refractivity (Wildman–Crippen MR) is 129 cm³/mol. The lowest BCUT2D eigenvalue weighted by atomic mass is 9.93. The van der Waals surface area contributed by atoms with Crippen molar-refractivity contribution in [2.75, 3.05) is 33.4 Å². The lowest BCUT2D eigenvalue weighted by Gasteiger charge is -2.26. The fourth-order valence-corrected chi connectivity index (χ4v) is 5.55. The van der Waals surface area contributed by atoms with Crippen molar-refractivity contribution in [1.29, 1.82) is 0 Å². The molecule has 7 nitrogen and oxygen atoms in total. The van der Waals surface area contributed by atoms with E-state index in [1.54, 1.807) is 31.4 Å². The molecule has 0 saturated carbocycles. The second-order valence-corrected chi connectivity index (χ2v) is 10.7. The van der Waals surface area contributed by atoms with Crippen LogP contribution in [0.5, 0.6) is 5.75 Å². The van der Waals surface area contributed by atoms with E-state index in [0.29, 0.717) is 43.3 Å². The largest absolute Gasteiger partial charge is 0.496 e. The van der Waals surface area contributed by atoms with Crippen LogP contribution in [0.3, 0.4) is 0 Å². The number of amides is 1. The predicted octanol–water partition coefficient (Wildman–Crippen LogP) is 3.78. The molecule has 0 unspecified atom stereocenters. The summed E-state index contributed by atoms with van der Waals surface area (Å²) in [5.41, 5.74) is 4.34. The molecule has 2 aromatic rings. The first-order valence-corrected chi connectivity index (χ1v) is 12.9. The zero-order valence-corrected chi connectivity index (χ0v) is 20.9. The van der Waals surface area contributed by atoms with E-state index in [4.69, 9.17) is 9.47 Å². The van der Waals surface area contributed by atoms with Crippen LogP contribution in [0.2, 0.25) is 0 Å². The van der Waals surface area contributed by atoms with E-state index in [2.05, 4.69) is 25.2 Å². The molecule has 1 fully saturated rings. The molecule has 0 aliphatic carbocycles. The molecule has 1 amide bonds. The van der Waals surface area contributed by atoms with Crippen molar-refractivity contribution in [2.24, 2.45) is 0 Å². The number of morpholine rings is 1. The number of nitrogens with zero attached hydrogens (tertiary/aromatic N) is 1. The summed E-state index contributed by atoms with van der Waals surface area (Å²) in [5.74, 6) is 0.858. The monoisotopic (exact) mass is 474 g/mol. The highest BCUT2D eigenvalue weighted by Gasteiger charge is 2.24. The molecule has 0 spiro atoms. The molecule has 3 rings (SSSR count). The van der Waals surface area contributed by atoms with Gasteiger partial charge in [-0.15, -0.1) is 0 Å². The Balaban J connectivity index is 1.69. The summed E-state index contributed by atoms with van der Waals surface area (Å²) in [4.78, 5) is 12.8. The number of ether oxygens (including phenoxy) is 2. The van der Waals surface area contributed by atoms with Gasteiger partial charge in [0.1, 0.15) is 5.75 Å². The van der Waals surface area contributed by atoms with Crippen molar-refractivity contribution in [3.63, 3.8) is 0 Å². The molecule has 8 heteroatoms. The normalized spacial score (nSPS) is 15.9. The number of benzene rings is 2. The number of nitrogens with one attached hydrogen (secondary N) is 1. The maximum atomic E-state index is 12.8. The average molecular weight is 475 g/mol. The van der Waals surface area contributed by atoms with Crippen LogP contribution in [0.4, 0.5) is 0 Å². The topological polar surface area (TPSA) is 84.9 Å². The number of carbonyl (C=O) groups is 1. The molecule has 2 aromatic carbocycles. The number of hydrogen-bond donors (Lipinski definition) is 1. The summed E-state index contributed by atoms with van der Waals surface area (Å²) in [6, 6.07) is 10.7. The van der Waals surface area contributed by atoms with Gasteiger partial charge in [0.2, 0.25) is 10.0 Å². The Bertz CT molecular complexity index is 1070. The molecule has 0 bridgehead atoms. The van der Waals surface area contributed by atoms with E-state index in [-0.39, 0.29) is 17.7 Å². The van der Waals surface area contributed by atoms with Gasteiger partial charge in [0.25, 0.3) is 5.91 Å². The van der Waals surface area contributed by atoms with E-state index in [0.717, 1.165) is 22.4 Å². The minimum atomic E-state index is -3.40. The Hall–Kier alpha value is -2.42. The molecule has 0 aromatic heterocycles. The summed E-state index contributed by atoms with van der Waals surface area (Å²) < 4.78 is 37.4. The third-order valence-corrected chi connectivity index (χ3v) is 7.83. The molecular formula is C25H34N2O5S. The fraction of sp³-hybridized carbons (Fsp3) is 0.480. The van der Waals surface area contributed by atoms with E-state index in [1.165, 1.54) is 4.31 Å². The zero-order chi connectivity index (χ0) is 24.2. The van der Waals surface area contributed by atoms with Gasteiger partial charge >= 0.3 is 0 Å². The van der Waals surface area contributed by atoms with Crippen molar-refractivity contribution in [3.8, 4) is 5.75 Å². The summed E-state index contributed by atoms with van der Waals surface area (Å²) in [6.45, 7) is 9.79. The molecule has 0 radical (unpaired) electrons. The SMILES string of the molecule is COc1cc(C)c([C@@H](C)NC(=O)c2ccc(CS(=O)(=O)N3CCOCC3)cc2)cc1C(C)C. The molecule has 33 heavy (non-hydrogen) atoms. The van der Waals surface area contributed by atoms with Gasteiger partial charge in [-0.25, -0.2) is 8.42 Å². The first-order valence-electron chi connectivity index (χ1n) is 11.3. The van der Waals surface area contributed by atoms with Gasteiger partial charge in [-0.05, 0) is 66.3 Å². The third kappa shape index (κ3) is 6.13. The summed E-state index contributed by atoms with van der Waals surface area (Å²) in [6.07, 6.45) is 0. The van der Waals surface area contributed by atoms with Crippen molar-refractivity contribution in [1.82, 2.24) is 9.62 Å². The van der Waals surface area contributed by atoms with Crippen LogP contribution in [-0.2, 0) is 20.5 Å². The molecule has 1 atom stereocenters. The van der Waals surface area contributed by atoms with Crippen molar-refractivity contribution >= 4 is 15.9 Å². The second kappa shape index (κ2) is 10.7. The van der Waals surface area contributed by atoms with Gasteiger partial charge in [0.15, 0.2) is 0 Å². The van der Waals surface area contributed by atoms with Crippen LogP contribution in [-0.4, -0.2) is 52.0 Å². The van der Waals surface area contributed by atoms with Gasteiger partial charge in [-0.2, -0.15) is 4.31 Å². The lowest BCUT2D eigenvalue weighted by Crippen LogP contribution is -2.41. The first-order chi connectivity index (χ1) is 15.6. The Morgan fingerprint density at radius 2 is 1.73 bits per heavy atom. The number of hydrogen-bond acceptors (Lipinski definition) is 5. The molecule has 1 heterocycles. The van der Waals surface area contributed by atoms with Crippen LogP contribution in [0.25, 0.3) is 0 Å². The molecule has 1 saturated heterocycles. The first kappa shape index (κ1) is 25.2. The van der Waals surface area contributed by atoms with Crippen LogP contribution in [0.15, 0.2) is 36.4 Å². The Labute approximate surface area is 197 Å². The number of carbonyl (C=O) groups excluding carboxylic acids is 1. The van der Waals surface area contributed by atoms with E-state index in [9.17, 15) is 13.2 Å². The van der Waals surface area contributed by atoms with Crippen molar-refractivity contribution < 1.29 is 22.7 Å². The van der Waals surface area contributed by atoms with Crippen molar-refractivity contribution in [2.45, 2.75) is 45.4 Å². The van der Waals surface area contributed by atoms with Gasteiger partial charge < -0.3 is 14.8 Å². The summed E-state index contributed by atoms with van der Waals surface area (Å²) in [7, 11) is -1.74. The van der Waals surface area contributed by atoms with Gasteiger partial charge in [0, 0.05) is 18.7 Å². The van der Waals surface area contributed by atoms with Gasteiger partial charge in [-0.3, -0.25) is 4.79 Å². The second-order valence-electron chi connectivity index (χ2n) is 8.77. The summed E-state index contributed by atoms with van der Waals surface area (Å²) in [5, 5.41) is 3.06.